The van der Waals surface area contributed by atoms with Crippen molar-refractivity contribution < 1.29 is 23.4 Å². The van der Waals surface area contributed by atoms with Crippen LogP contribution in [0.25, 0.3) is 11.0 Å². The monoisotopic (exact) mass is 416 g/mol. The quantitative estimate of drug-likeness (QED) is 0.483. The SMILES string of the molecule is CC[C@H](C)OC(=O)[C@H](C)Oc1ccc2c(=O)c(Oc3ccccc3Cl)coc2c1. The summed E-state index contributed by atoms with van der Waals surface area (Å²) < 4.78 is 22.0. The number of benzene rings is 2. The van der Waals surface area contributed by atoms with Crippen molar-refractivity contribution in [2.24, 2.45) is 0 Å². The molecule has 0 aliphatic heterocycles. The molecule has 1 heterocycles. The largest absolute Gasteiger partial charge is 0.479 e. The summed E-state index contributed by atoms with van der Waals surface area (Å²) in [5.41, 5.74) is -0.0385. The van der Waals surface area contributed by atoms with Crippen LogP contribution < -0.4 is 14.9 Å². The van der Waals surface area contributed by atoms with Gasteiger partial charge in [0.2, 0.25) is 11.2 Å². The Bertz CT molecular complexity index is 1070. The molecule has 2 atom stereocenters. The molecule has 0 amide bonds. The molecule has 0 saturated carbocycles. The molecule has 0 radical (unpaired) electrons. The zero-order valence-corrected chi connectivity index (χ0v) is 17.1. The molecule has 0 unspecified atom stereocenters. The van der Waals surface area contributed by atoms with E-state index in [9.17, 15) is 9.59 Å². The molecule has 7 heteroatoms. The highest BCUT2D eigenvalue weighted by atomic mass is 35.5. The van der Waals surface area contributed by atoms with Crippen LogP contribution in [0.15, 0.2) is 57.9 Å². The van der Waals surface area contributed by atoms with Gasteiger partial charge in [0.25, 0.3) is 0 Å². The van der Waals surface area contributed by atoms with E-state index >= 15 is 0 Å². The summed E-state index contributed by atoms with van der Waals surface area (Å²) in [5.74, 6) is 0.303. The molecule has 0 aliphatic carbocycles. The van der Waals surface area contributed by atoms with Gasteiger partial charge in [0.1, 0.15) is 23.3 Å². The van der Waals surface area contributed by atoms with Crippen LogP contribution in [0, 0.1) is 0 Å². The van der Waals surface area contributed by atoms with E-state index < -0.39 is 12.1 Å². The van der Waals surface area contributed by atoms with Gasteiger partial charge >= 0.3 is 5.97 Å². The molecule has 152 valence electrons. The maximum Gasteiger partial charge on any atom is 0.347 e. The third-order valence-electron chi connectivity index (χ3n) is 4.31. The first-order valence-electron chi connectivity index (χ1n) is 9.24. The highest BCUT2D eigenvalue weighted by Crippen LogP contribution is 2.29. The fourth-order valence-corrected chi connectivity index (χ4v) is 2.68. The summed E-state index contributed by atoms with van der Waals surface area (Å²) in [7, 11) is 0. The number of ether oxygens (including phenoxy) is 3. The number of fused-ring (bicyclic) bond motifs is 1. The van der Waals surface area contributed by atoms with Crippen LogP contribution in [0.5, 0.6) is 17.2 Å². The summed E-state index contributed by atoms with van der Waals surface area (Å²) in [6.45, 7) is 5.35. The number of carbonyl (C=O) groups is 1. The minimum Gasteiger partial charge on any atom is -0.479 e. The first kappa shape index (κ1) is 20.7. The van der Waals surface area contributed by atoms with Gasteiger partial charge in [0.05, 0.1) is 16.5 Å². The molecular weight excluding hydrogens is 396 g/mol. The third-order valence-corrected chi connectivity index (χ3v) is 4.62. The van der Waals surface area contributed by atoms with E-state index in [1.165, 1.54) is 6.26 Å². The maximum atomic E-state index is 12.7. The Labute approximate surface area is 172 Å². The van der Waals surface area contributed by atoms with E-state index in [0.717, 1.165) is 6.42 Å². The highest BCUT2D eigenvalue weighted by molar-refractivity contribution is 6.32. The van der Waals surface area contributed by atoms with Crippen molar-refractivity contribution >= 4 is 28.5 Å². The van der Waals surface area contributed by atoms with Crippen molar-refractivity contribution in [2.45, 2.75) is 39.4 Å². The lowest BCUT2D eigenvalue weighted by Gasteiger charge is -2.17. The molecule has 2 aromatic carbocycles. The summed E-state index contributed by atoms with van der Waals surface area (Å²) in [5, 5.41) is 0.700. The Hall–Kier alpha value is -2.99. The zero-order chi connectivity index (χ0) is 21.0. The molecule has 0 saturated heterocycles. The van der Waals surface area contributed by atoms with E-state index in [1.807, 2.05) is 13.8 Å². The first-order chi connectivity index (χ1) is 13.9. The molecule has 3 aromatic rings. The number of rotatable bonds is 7. The summed E-state index contributed by atoms with van der Waals surface area (Å²) in [6, 6.07) is 11.5. The van der Waals surface area contributed by atoms with Gasteiger partial charge in [0.15, 0.2) is 6.10 Å². The molecule has 6 nitrogen and oxygen atoms in total. The second-order valence-corrected chi connectivity index (χ2v) is 6.94. The first-order valence-corrected chi connectivity index (χ1v) is 9.62. The van der Waals surface area contributed by atoms with Crippen LogP contribution in [0.3, 0.4) is 0 Å². The van der Waals surface area contributed by atoms with Crippen molar-refractivity contribution in [3.05, 3.63) is 64.0 Å². The number of hydrogen-bond acceptors (Lipinski definition) is 6. The predicted octanol–water partition coefficient (Wildman–Crippen LogP) is 5.35. The van der Waals surface area contributed by atoms with Crippen LogP contribution >= 0.6 is 11.6 Å². The summed E-state index contributed by atoms with van der Waals surface area (Å²) in [4.78, 5) is 24.7. The average molecular weight is 417 g/mol. The van der Waals surface area contributed by atoms with E-state index in [4.69, 9.17) is 30.2 Å². The predicted molar refractivity (Wildman–Crippen MR) is 110 cm³/mol. The maximum absolute atomic E-state index is 12.7. The van der Waals surface area contributed by atoms with Crippen molar-refractivity contribution in [3.8, 4) is 17.2 Å². The lowest BCUT2D eigenvalue weighted by molar-refractivity contribution is -0.155. The van der Waals surface area contributed by atoms with Crippen LogP contribution in [0.4, 0.5) is 0 Å². The van der Waals surface area contributed by atoms with Gasteiger partial charge < -0.3 is 18.6 Å². The van der Waals surface area contributed by atoms with Gasteiger partial charge in [-0.2, -0.15) is 0 Å². The molecule has 0 N–H and O–H groups in total. The number of para-hydroxylation sites is 1. The molecule has 0 spiro atoms. The van der Waals surface area contributed by atoms with E-state index in [2.05, 4.69) is 0 Å². The lowest BCUT2D eigenvalue weighted by Crippen LogP contribution is -2.29. The second kappa shape index (κ2) is 9.01. The summed E-state index contributed by atoms with van der Waals surface area (Å²) in [6.07, 6.45) is 0.965. The Balaban J connectivity index is 1.80. The standard InChI is InChI=1S/C22H21ClO6/c1-4-13(2)27-22(25)14(3)28-15-9-10-16-19(11-15)26-12-20(21(16)24)29-18-8-6-5-7-17(18)23/h5-14H,4H2,1-3H3/t13-,14-/m0/s1. The third kappa shape index (κ3) is 4.90. The van der Waals surface area contributed by atoms with Gasteiger partial charge in [-0.3, -0.25) is 4.79 Å². The fraction of sp³-hybridized carbons (Fsp3) is 0.273. The van der Waals surface area contributed by atoms with Crippen molar-refractivity contribution in [2.75, 3.05) is 0 Å². The van der Waals surface area contributed by atoms with Crippen LogP contribution in [-0.2, 0) is 9.53 Å². The smallest absolute Gasteiger partial charge is 0.347 e. The van der Waals surface area contributed by atoms with Gasteiger partial charge in [0, 0.05) is 6.07 Å². The lowest BCUT2D eigenvalue weighted by atomic mass is 10.2. The normalized spacial score (nSPS) is 13.0. The molecule has 1 aromatic heterocycles. The van der Waals surface area contributed by atoms with Crippen LogP contribution in [0.1, 0.15) is 27.2 Å². The minimum absolute atomic E-state index is 0.0183. The Morgan fingerprint density at radius 3 is 2.62 bits per heavy atom. The topological polar surface area (TPSA) is 75.0 Å². The number of esters is 1. The number of carbonyl (C=O) groups excluding carboxylic acids is 1. The molecule has 29 heavy (non-hydrogen) atoms. The van der Waals surface area contributed by atoms with E-state index in [0.29, 0.717) is 27.5 Å². The Kier molecular flexibility index (Phi) is 6.44. The van der Waals surface area contributed by atoms with Gasteiger partial charge in [-0.05, 0) is 44.5 Å². The highest BCUT2D eigenvalue weighted by Gasteiger charge is 2.19. The van der Waals surface area contributed by atoms with Crippen LogP contribution in [0.2, 0.25) is 5.02 Å². The number of halogens is 1. The Morgan fingerprint density at radius 2 is 1.90 bits per heavy atom. The Morgan fingerprint density at radius 1 is 1.14 bits per heavy atom. The van der Waals surface area contributed by atoms with Gasteiger partial charge in [-0.25, -0.2) is 4.79 Å². The van der Waals surface area contributed by atoms with Gasteiger partial charge in [-0.1, -0.05) is 30.7 Å². The second-order valence-electron chi connectivity index (χ2n) is 6.54. The zero-order valence-electron chi connectivity index (χ0n) is 16.3. The van der Waals surface area contributed by atoms with Crippen molar-refractivity contribution in [1.29, 1.82) is 0 Å². The average Bonchev–Trinajstić information content (AvgIpc) is 2.71. The fourth-order valence-electron chi connectivity index (χ4n) is 2.51. The minimum atomic E-state index is -0.795. The molecule has 0 bridgehead atoms. The molecular formula is C22H21ClO6. The van der Waals surface area contributed by atoms with E-state index in [-0.39, 0.29) is 17.3 Å². The van der Waals surface area contributed by atoms with E-state index in [1.54, 1.807) is 49.4 Å². The van der Waals surface area contributed by atoms with Crippen molar-refractivity contribution in [3.63, 3.8) is 0 Å². The van der Waals surface area contributed by atoms with Crippen LogP contribution in [-0.4, -0.2) is 18.2 Å². The summed E-state index contributed by atoms with van der Waals surface area (Å²) >= 11 is 6.07. The van der Waals surface area contributed by atoms with Gasteiger partial charge in [-0.15, -0.1) is 0 Å². The molecule has 0 aliphatic rings. The van der Waals surface area contributed by atoms with Crippen molar-refractivity contribution in [1.82, 2.24) is 0 Å². The molecule has 0 fully saturated rings. The molecule has 3 rings (SSSR count). The number of hydrogen-bond donors (Lipinski definition) is 0.